The van der Waals surface area contributed by atoms with Gasteiger partial charge in [-0.05, 0) is 18.2 Å². The number of benzene rings is 2. The van der Waals surface area contributed by atoms with Crippen molar-refractivity contribution in [3.63, 3.8) is 0 Å². The molecule has 134 valence electrons. The zero-order valence-corrected chi connectivity index (χ0v) is 14.4. The van der Waals surface area contributed by atoms with E-state index in [1.54, 1.807) is 12.1 Å². The van der Waals surface area contributed by atoms with Crippen molar-refractivity contribution in [2.75, 3.05) is 19.7 Å². The highest BCUT2D eigenvalue weighted by atomic mass is 35.5. The summed E-state index contributed by atoms with van der Waals surface area (Å²) in [6, 6.07) is 11.4. The second-order valence-electron chi connectivity index (χ2n) is 6.63. The maximum absolute atomic E-state index is 14.2. The summed E-state index contributed by atoms with van der Waals surface area (Å²) in [5, 5.41) is 9.74. The highest BCUT2D eigenvalue weighted by Gasteiger charge is 2.57. The van der Waals surface area contributed by atoms with Crippen LogP contribution >= 0.6 is 11.6 Å². The summed E-state index contributed by atoms with van der Waals surface area (Å²) in [6.45, 7) is 0.0927. The predicted molar refractivity (Wildman–Crippen MR) is 92.1 cm³/mol. The molecule has 2 heterocycles. The molecule has 2 atom stereocenters. The maximum Gasteiger partial charge on any atom is 0.315 e. The van der Waals surface area contributed by atoms with Gasteiger partial charge in [0.15, 0.2) is 5.82 Å². The van der Waals surface area contributed by atoms with Gasteiger partial charge in [0.25, 0.3) is 5.91 Å². The van der Waals surface area contributed by atoms with Crippen LogP contribution < -0.4 is 4.74 Å². The third-order valence-electron chi connectivity index (χ3n) is 5.22. The summed E-state index contributed by atoms with van der Waals surface area (Å²) in [5.74, 6) is -2.19. The molecule has 0 aromatic heterocycles. The second-order valence-corrected chi connectivity index (χ2v) is 7.03. The monoisotopic (exact) mass is 375 g/mol. The lowest BCUT2D eigenvalue weighted by Crippen LogP contribution is -2.46. The van der Waals surface area contributed by atoms with Gasteiger partial charge >= 0.3 is 5.97 Å². The number of likely N-dealkylation sites (tertiary alicyclic amines) is 1. The highest BCUT2D eigenvalue weighted by molar-refractivity contribution is 6.31. The Kier molecular flexibility index (Phi) is 3.88. The summed E-state index contributed by atoms with van der Waals surface area (Å²) in [6.07, 6.45) is 0. The number of carbonyl (C=O) groups is 2. The van der Waals surface area contributed by atoms with Gasteiger partial charge in [0.05, 0.1) is 10.6 Å². The number of fused-ring (bicyclic) bond motifs is 3. The number of ether oxygens (including phenoxy) is 1. The molecule has 2 aromatic rings. The molecule has 1 amide bonds. The van der Waals surface area contributed by atoms with Crippen molar-refractivity contribution in [3.8, 4) is 5.75 Å². The smallest absolute Gasteiger partial charge is 0.315 e. The van der Waals surface area contributed by atoms with Crippen LogP contribution in [0.5, 0.6) is 5.75 Å². The van der Waals surface area contributed by atoms with Gasteiger partial charge in [0.2, 0.25) is 0 Å². The number of halogens is 2. The normalized spacial score (nSPS) is 23.8. The van der Waals surface area contributed by atoms with Gasteiger partial charge in [-0.2, -0.15) is 0 Å². The van der Waals surface area contributed by atoms with E-state index in [-0.39, 0.29) is 30.3 Å². The van der Waals surface area contributed by atoms with Crippen LogP contribution in [-0.4, -0.2) is 41.6 Å². The molecule has 0 bridgehead atoms. The van der Waals surface area contributed by atoms with E-state index in [4.69, 9.17) is 16.3 Å². The Bertz CT molecular complexity index is 918. The zero-order valence-electron chi connectivity index (χ0n) is 13.6. The van der Waals surface area contributed by atoms with Crippen molar-refractivity contribution >= 4 is 23.5 Å². The van der Waals surface area contributed by atoms with Gasteiger partial charge in [0, 0.05) is 24.6 Å². The lowest BCUT2D eigenvalue weighted by atomic mass is 9.73. The molecular weight excluding hydrogens is 361 g/mol. The predicted octanol–water partition coefficient (Wildman–Crippen LogP) is 3.18. The molecule has 7 heteroatoms. The van der Waals surface area contributed by atoms with Crippen LogP contribution in [0.15, 0.2) is 42.5 Å². The van der Waals surface area contributed by atoms with E-state index in [2.05, 4.69) is 0 Å². The van der Waals surface area contributed by atoms with E-state index >= 15 is 0 Å². The van der Waals surface area contributed by atoms with Crippen LogP contribution in [0.2, 0.25) is 5.02 Å². The number of aliphatic carboxylic acids is 1. The second kappa shape index (κ2) is 5.99. The van der Waals surface area contributed by atoms with Crippen LogP contribution in [0.4, 0.5) is 4.39 Å². The average Bonchev–Trinajstić information content (AvgIpc) is 3.05. The van der Waals surface area contributed by atoms with Crippen molar-refractivity contribution in [1.29, 1.82) is 0 Å². The molecular formula is C19H15ClFNO4. The summed E-state index contributed by atoms with van der Waals surface area (Å²) in [7, 11) is 0. The fraction of sp³-hybridized carbons (Fsp3) is 0.263. The molecule has 0 radical (unpaired) electrons. The van der Waals surface area contributed by atoms with E-state index in [0.717, 1.165) is 5.56 Å². The minimum absolute atomic E-state index is 0.0359. The fourth-order valence-electron chi connectivity index (χ4n) is 3.83. The van der Waals surface area contributed by atoms with Crippen molar-refractivity contribution in [2.24, 2.45) is 5.41 Å². The summed E-state index contributed by atoms with van der Waals surface area (Å²) < 4.78 is 19.9. The lowest BCUT2D eigenvalue weighted by molar-refractivity contribution is -0.151. The van der Waals surface area contributed by atoms with Crippen molar-refractivity contribution in [3.05, 3.63) is 64.4 Å². The standard InChI is InChI=1S/C19H15ClFNO4/c20-14-6-3-5-12(16(14)21)17(23)22-8-13-11-4-1-2-7-15(11)26-10-19(13,9-22)18(24)25/h1-7,13H,8-10H2,(H,24,25)/t13-,19-/m1/s1. The minimum Gasteiger partial charge on any atom is -0.492 e. The molecule has 4 rings (SSSR count). The number of carboxylic acid groups (broad SMARTS) is 1. The quantitative estimate of drug-likeness (QED) is 0.875. The van der Waals surface area contributed by atoms with Crippen LogP contribution in [0.3, 0.4) is 0 Å². The van der Waals surface area contributed by atoms with Crippen LogP contribution in [0.25, 0.3) is 0 Å². The topological polar surface area (TPSA) is 66.8 Å². The van der Waals surface area contributed by atoms with E-state index in [9.17, 15) is 19.1 Å². The maximum atomic E-state index is 14.2. The number of para-hydroxylation sites is 1. The number of carbonyl (C=O) groups excluding carboxylic acids is 1. The third-order valence-corrected chi connectivity index (χ3v) is 5.51. The van der Waals surface area contributed by atoms with Gasteiger partial charge in [-0.1, -0.05) is 35.9 Å². The molecule has 5 nitrogen and oxygen atoms in total. The fourth-order valence-corrected chi connectivity index (χ4v) is 4.01. The lowest BCUT2D eigenvalue weighted by Gasteiger charge is -2.35. The van der Waals surface area contributed by atoms with Gasteiger partial charge in [-0.25, -0.2) is 4.39 Å². The Morgan fingerprint density at radius 3 is 2.77 bits per heavy atom. The van der Waals surface area contributed by atoms with Crippen molar-refractivity contribution in [1.82, 2.24) is 4.90 Å². The molecule has 1 N–H and O–H groups in total. The largest absolute Gasteiger partial charge is 0.492 e. The van der Waals surface area contributed by atoms with Crippen LogP contribution in [0, 0.1) is 11.2 Å². The number of hydrogen-bond acceptors (Lipinski definition) is 3. The Morgan fingerprint density at radius 1 is 1.23 bits per heavy atom. The summed E-state index contributed by atoms with van der Waals surface area (Å²) in [5.41, 5.74) is -0.659. The third kappa shape index (κ3) is 2.36. The Morgan fingerprint density at radius 2 is 2.00 bits per heavy atom. The molecule has 2 aliphatic heterocycles. The summed E-state index contributed by atoms with van der Waals surface area (Å²) >= 11 is 5.77. The van der Waals surface area contributed by atoms with Crippen LogP contribution in [-0.2, 0) is 4.79 Å². The minimum atomic E-state index is -1.25. The number of amides is 1. The molecule has 0 aliphatic carbocycles. The first kappa shape index (κ1) is 16.8. The molecule has 2 aliphatic rings. The number of rotatable bonds is 2. The van der Waals surface area contributed by atoms with Crippen molar-refractivity contribution in [2.45, 2.75) is 5.92 Å². The van der Waals surface area contributed by atoms with E-state index < -0.39 is 29.0 Å². The Labute approximate surface area is 153 Å². The molecule has 26 heavy (non-hydrogen) atoms. The SMILES string of the molecule is O=C(c1cccc(Cl)c1F)N1C[C@@H]2c3ccccc3OC[C@]2(C(=O)O)C1. The molecule has 0 spiro atoms. The van der Waals surface area contributed by atoms with E-state index in [0.29, 0.717) is 5.75 Å². The Hall–Kier alpha value is -2.60. The summed E-state index contributed by atoms with van der Waals surface area (Å²) in [4.78, 5) is 26.3. The first-order valence-electron chi connectivity index (χ1n) is 8.12. The molecule has 0 saturated carbocycles. The van der Waals surface area contributed by atoms with Gasteiger partial charge in [0.1, 0.15) is 17.8 Å². The molecule has 1 fully saturated rings. The first-order chi connectivity index (χ1) is 12.4. The average molecular weight is 376 g/mol. The van der Waals surface area contributed by atoms with E-state index in [1.807, 2.05) is 12.1 Å². The van der Waals surface area contributed by atoms with Gasteiger partial charge in [-0.15, -0.1) is 0 Å². The first-order valence-corrected chi connectivity index (χ1v) is 8.50. The van der Waals surface area contributed by atoms with Crippen LogP contribution in [0.1, 0.15) is 21.8 Å². The molecule has 1 saturated heterocycles. The number of nitrogens with zero attached hydrogens (tertiary/aromatic N) is 1. The van der Waals surface area contributed by atoms with Gasteiger partial charge in [-0.3, -0.25) is 9.59 Å². The van der Waals surface area contributed by atoms with E-state index in [1.165, 1.54) is 23.1 Å². The highest BCUT2D eigenvalue weighted by Crippen LogP contribution is 2.50. The Balaban J connectivity index is 1.73. The number of carboxylic acids is 1. The molecule has 0 unspecified atom stereocenters. The van der Waals surface area contributed by atoms with Gasteiger partial charge < -0.3 is 14.7 Å². The number of hydrogen-bond donors (Lipinski definition) is 1. The van der Waals surface area contributed by atoms with Crippen molar-refractivity contribution < 1.29 is 23.8 Å². The molecule has 2 aromatic carbocycles. The zero-order chi connectivity index (χ0) is 18.5.